The highest BCUT2D eigenvalue weighted by Crippen LogP contribution is 2.13. The Morgan fingerprint density at radius 1 is 1.32 bits per heavy atom. The van der Waals surface area contributed by atoms with Gasteiger partial charge in [0, 0.05) is 0 Å². The SMILES string of the molecule is CCc1ccc(C(C)NC(=O)Cn2cc(C(=O)O)nn2)cc1. The van der Waals surface area contributed by atoms with Gasteiger partial charge in [0.05, 0.1) is 12.2 Å². The maximum Gasteiger partial charge on any atom is 0.358 e. The van der Waals surface area contributed by atoms with Crippen molar-refractivity contribution in [2.75, 3.05) is 0 Å². The summed E-state index contributed by atoms with van der Waals surface area (Å²) in [4.78, 5) is 22.6. The molecule has 1 unspecified atom stereocenters. The van der Waals surface area contributed by atoms with E-state index in [0.717, 1.165) is 12.0 Å². The van der Waals surface area contributed by atoms with Crippen LogP contribution in [0.1, 0.15) is 41.5 Å². The van der Waals surface area contributed by atoms with Crippen molar-refractivity contribution in [3.05, 3.63) is 47.3 Å². The average molecular weight is 302 g/mol. The molecule has 22 heavy (non-hydrogen) atoms. The molecule has 1 amide bonds. The van der Waals surface area contributed by atoms with E-state index in [-0.39, 0.29) is 24.2 Å². The molecule has 0 saturated heterocycles. The van der Waals surface area contributed by atoms with Crippen molar-refractivity contribution >= 4 is 11.9 Å². The minimum Gasteiger partial charge on any atom is -0.476 e. The zero-order valence-electron chi connectivity index (χ0n) is 12.5. The number of hydrogen-bond donors (Lipinski definition) is 2. The summed E-state index contributed by atoms with van der Waals surface area (Å²) in [6.45, 7) is 3.91. The molecule has 0 bridgehead atoms. The average Bonchev–Trinajstić information content (AvgIpc) is 2.95. The second-order valence-corrected chi connectivity index (χ2v) is 4.99. The fourth-order valence-electron chi connectivity index (χ4n) is 2.03. The highest BCUT2D eigenvalue weighted by molar-refractivity contribution is 5.84. The molecule has 1 aromatic heterocycles. The number of carbonyl (C=O) groups excluding carboxylic acids is 1. The molecule has 1 aromatic carbocycles. The van der Waals surface area contributed by atoms with Crippen LogP contribution in [0.3, 0.4) is 0 Å². The Kier molecular flexibility index (Phi) is 4.88. The van der Waals surface area contributed by atoms with Crippen molar-refractivity contribution in [3.8, 4) is 0 Å². The minimum absolute atomic E-state index is 0.0718. The summed E-state index contributed by atoms with van der Waals surface area (Å²) in [7, 11) is 0. The smallest absolute Gasteiger partial charge is 0.358 e. The fraction of sp³-hybridized carbons (Fsp3) is 0.333. The summed E-state index contributed by atoms with van der Waals surface area (Å²) < 4.78 is 1.20. The lowest BCUT2D eigenvalue weighted by Gasteiger charge is -2.14. The number of carboxylic acids is 1. The quantitative estimate of drug-likeness (QED) is 0.841. The maximum absolute atomic E-state index is 12.0. The Morgan fingerprint density at radius 3 is 2.55 bits per heavy atom. The van der Waals surface area contributed by atoms with E-state index in [4.69, 9.17) is 5.11 Å². The minimum atomic E-state index is -1.17. The number of aromatic carboxylic acids is 1. The number of hydrogen-bond acceptors (Lipinski definition) is 4. The van der Waals surface area contributed by atoms with E-state index in [0.29, 0.717) is 0 Å². The molecule has 2 rings (SSSR count). The third-order valence-corrected chi connectivity index (χ3v) is 3.33. The molecule has 0 aliphatic carbocycles. The van der Waals surface area contributed by atoms with Gasteiger partial charge in [-0.05, 0) is 24.5 Å². The number of rotatable bonds is 6. The Balaban J connectivity index is 1.93. The number of carbonyl (C=O) groups is 2. The predicted molar refractivity (Wildman–Crippen MR) is 79.4 cm³/mol. The van der Waals surface area contributed by atoms with Crippen molar-refractivity contribution in [2.24, 2.45) is 0 Å². The third-order valence-electron chi connectivity index (χ3n) is 3.33. The second kappa shape index (κ2) is 6.84. The Hall–Kier alpha value is -2.70. The molecular weight excluding hydrogens is 284 g/mol. The van der Waals surface area contributed by atoms with Gasteiger partial charge in [-0.1, -0.05) is 36.4 Å². The molecule has 0 spiro atoms. The van der Waals surface area contributed by atoms with Crippen molar-refractivity contribution in [1.29, 1.82) is 0 Å². The van der Waals surface area contributed by atoms with Gasteiger partial charge in [0.15, 0.2) is 5.69 Å². The van der Waals surface area contributed by atoms with E-state index in [2.05, 4.69) is 22.6 Å². The van der Waals surface area contributed by atoms with Crippen molar-refractivity contribution < 1.29 is 14.7 Å². The number of nitrogens with one attached hydrogen (secondary N) is 1. The summed E-state index contributed by atoms with van der Waals surface area (Å²) in [6, 6.07) is 7.91. The van der Waals surface area contributed by atoms with Crippen molar-refractivity contribution in [3.63, 3.8) is 0 Å². The maximum atomic E-state index is 12.0. The van der Waals surface area contributed by atoms with Crippen molar-refractivity contribution in [2.45, 2.75) is 32.9 Å². The van der Waals surface area contributed by atoms with Crippen LogP contribution in [0.5, 0.6) is 0 Å². The highest BCUT2D eigenvalue weighted by Gasteiger charge is 2.13. The molecule has 0 fully saturated rings. The predicted octanol–water partition coefficient (Wildman–Crippen LogP) is 1.42. The van der Waals surface area contributed by atoms with Gasteiger partial charge >= 0.3 is 5.97 Å². The molecule has 7 nitrogen and oxygen atoms in total. The Bertz CT molecular complexity index is 664. The number of aromatic nitrogens is 3. The number of benzene rings is 1. The highest BCUT2D eigenvalue weighted by atomic mass is 16.4. The fourth-order valence-corrected chi connectivity index (χ4v) is 2.03. The molecule has 7 heteroatoms. The lowest BCUT2D eigenvalue weighted by Crippen LogP contribution is -2.30. The first-order valence-electron chi connectivity index (χ1n) is 7.01. The summed E-state index contributed by atoms with van der Waals surface area (Å²) in [5.41, 5.74) is 2.07. The van der Waals surface area contributed by atoms with Crippen LogP contribution in [0, 0.1) is 0 Å². The van der Waals surface area contributed by atoms with Gasteiger partial charge in [0.25, 0.3) is 0 Å². The van der Waals surface area contributed by atoms with E-state index in [1.807, 2.05) is 31.2 Å². The molecule has 0 radical (unpaired) electrons. The van der Waals surface area contributed by atoms with Gasteiger partial charge in [0.1, 0.15) is 6.54 Å². The second-order valence-electron chi connectivity index (χ2n) is 4.99. The van der Waals surface area contributed by atoms with Gasteiger partial charge in [-0.3, -0.25) is 4.79 Å². The number of aryl methyl sites for hydroxylation is 1. The van der Waals surface area contributed by atoms with Crippen LogP contribution < -0.4 is 5.32 Å². The summed E-state index contributed by atoms with van der Waals surface area (Å²) in [6.07, 6.45) is 2.20. The molecule has 116 valence electrons. The number of nitrogens with zero attached hydrogens (tertiary/aromatic N) is 3. The molecular formula is C15H18N4O3. The molecule has 2 aromatic rings. The van der Waals surface area contributed by atoms with E-state index in [1.165, 1.54) is 16.4 Å². The van der Waals surface area contributed by atoms with Crippen LogP contribution in [0.4, 0.5) is 0 Å². The monoisotopic (exact) mass is 302 g/mol. The van der Waals surface area contributed by atoms with E-state index in [9.17, 15) is 9.59 Å². The van der Waals surface area contributed by atoms with Crippen LogP contribution in [-0.2, 0) is 17.8 Å². The van der Waals surface area contributed by atoms with Crippen molar-refractivity contribution in [1.82, 2.24) is 20.3 Å². The first-order valence-corrected chi connectivity index (χ1v) is 7.01. The van der Waals surface area contributed by atoms with Gasteiger partial charge in [-0.15, -0.1) is 5.10 Å². The summed E-state index contributed by atoms with van der Waals surface area (Å²) >= 11 is 0. The van der Waals surface area contributed by atoms with E-state index in [1.54, 1.807) is 0 Å². The Labute approximate surface area is 128 Å². The van der Waals surface area contributed by atoms with Crippen LogP contribution in [-0.4, -0.2) is 32.0 Å². The molecule has 0 saturated carbocycles. The summed E-state index contributed by atoms with van der Waals surface area (Å²) in [5.74, 6) is -1.43. The summed E-state index contributed by atoms with van der Waals surface area (Å²) in [5, 5.41) is 18.7. The topological polar surface area (TPSA) is 97.1 Å². The molecule has 0 aliphatic rings. The van der Waals surface area contributed by atoms with Crippen LogP contribution >= 0.6 is 0 Å². The van der Waals surface area contributed by atoms with E-state index < -0.39 is 5.97 Å². The Morgan fingerprint density at radius 2 is 2.00 bits per heavy atom. The molecule has 0 aliphatic heterocycles. The molecule has 1 atom stereocenters. The van der Waals surface area contributed by atoms with Gasteiger partial charge in [-0.2, -0.15) is 0 Å². The van der Waals surface area contributed by atoms with Gasteiger partial charge < -0.3 is 10.4 Å². The van der Waals surface area contributed by atoms with Gasteiger partial charge in [0.2, 0.25) is 5.91 Å². The zero-order chi connectivity index (χ0) is 16.1. The zero-order valence-corrected chi connectivity index (χ0v) is 12.5. The largest absolute Gasteiger partial charge is 0.476 e. The van der Waals surface area contributed by atoms with Crippen LogP contribution in [0.25, 0.3) is 0 Å². The van der Waals surface area contributed by atoms with Gasteiger partial charge in [-0.25, -0.2) is 9.48 Å². The van der Waals surface area contributed by atoms with E-state index >= 15 is 0 Å². The third kappa shape index (κ3) is 3.91. The first kappa shape index (κ1) is 15.7. The van der Waals surface area contributed by atoms with Crippen LogP contribution in [0.2, 0.25) is 0 Å². The number of amides is 1. The molecule has 1 heterocycles. The first-order chi connectivity index (χ1) is 10.5. The lowest BCUT2D eigenvalue weighted by atomic mass is 10.1. The lowest BCUT2D eigenvalue weighted by molar-refractivity contribution is -0.122. The molecule has 2 N–H and O–H groups in total. The number of carboxylic acid groups (broad SMARTS) is 1. The standard InChI is InChI=1S/C15H18N4O3/c1-3-11-4-6-12(7-5-11)10(2)16-14(20)9-19-8-13(15(21)22)17-18-19/h4-8,10H,3,9H2,1-2H3,(H,16,20)(H,21,22). The van der Waals surface area contributed by atoms with Crippen LogP contribution in [0.15, 0.2) is 30.5 Å². The normalized spacial score (nSPS) is 11.9.